The SMILES string of the molecule is COc1cc(C2(C)C3=C(CCCC3=O)N(C)c3c(C(=O)NNC(=O)c4cccs4)cnn32)cc(Br)c1OC. The van der Waals surface area contributed by atoms with E-state index in [-0.39, 0.29) is 11.3 Å². The molecule has 198 valence electrons. The summed E-state index contributed by atoms with van der Waals surface area (Å²) in [5, 5.41) is 6.40. The number of hydrazine groups is 1. The molecule has 10 nitrogen and oxygen atoms in total. The second kappa shape index (κ2) is 9.91. The Kier molecular flexibility index (Phi) is 6.78. The van der Waals surface area contributed by atoms with E-state index in [1.165, 1.54) is 17.5 Å². The minimum atomic E-state index is -1.05. The number of aromatic nitrogens is 2. The molecule has 5 rings (SSSR count). The number of thiophene rings is 1. The van der Waals surface area contributed by atoms with Crippen LogP contribution in [0.2, 0.25) is 0 Å². The summed E-state index contributed by atoms with van der Waals surface area (Å²) >= 11 is 4.85. The Labute approximate surface area is 231 Å². The number of carbonyl (C=O) groups excluding carboxylic acids is 3. The van der Waals surface area contributed by atoms with Crippen molar-refractivity contribution in [3.05, 3.63) is 67.6 Å². The minimum absolute atomic E-state index is 0.0295. The molecule has 0 fully saturated rings. The van der Waals surface area contributed by atoms with Gasteiger partial charge in [0.15, 0.2) is 17.3 Å². The first-order valence-electron chi connectivity index (χ1n) is 11.9. The van der Waals surface area contributed by atoms with Gasteiger partial charge in [0.1, 0.15) is 16.9 Å². The van der Waals surface area contributed by atoms with Gasteiger partial charge in [0.2, 0.25) is 0 Å². The molecule has 1 aliphatic heterocycles. The van der Waals surface area contributed by atoms with Gasteiger partial charge < -0.3 is 14.4 Å². The second-order valence-corrected chi connectivity index (χ2v) is 10.9. The van der Waals surface area contributed by atoms with Gasteiger partial charge in [-0.05, 0) is 64.8 Å². The van der Waals surface area contributed by atoms with E-state index in [1.807, 2.05) is 31.0 Å². The number of halogens is 1. The van der Waals surface area contributed by atoms with Crippen LogP contribution in [0.4, 0.5) is 5.82 Å². The quantitative estimate of drug-likeness (QED) is 0.426. The summed E-state index contributed by atoms with van der Waals surface area (Å²) in [4.78, 5) is 41.4. The zero-order valence-electron chi connectivity index (χ0n) is 21.3. The average molecular weight is 600 g/mol. The lowest BCUT2D eigenvalue weighted by molar-refractivity contribution is -0.117. The van der Waals surface area contributed by atoms with Crippen LogP contribution >= 0.6 is 27.3 Å². The van der Waals surface area contributed by atoms with Gasteiger partial charge in [-0.3, -0.25) is 25.2 Å². The van der Waals surface area contributed by atoms with Crippen LogP contribution in [-0.2, 0) is 10.3 Å². The van der Waals surface area contributed by atoms with Gasteiger partial charge in [0.05, 0.1) is 29.8 Å². The predicted octanol–water partition coefficient (Wildman–Crippen LogP) is 4.02. The monoisotopic (exact) mass is 599 g/mol. The molecule has 38 heavy (non-hydrogen) atoms. The third-order valence-electron chi connectivity index (χ3n) is 7.04. The summed E-state index contributed by atoms with van der Waals surface area (Å²) in [6, 6.07) is 7.14. The Morgan fingerprint density at radius 1 is 1.16 bits per heavy atom. The molecule has 1 aliphatic carbocycles. The topological polar surface area (TPSA) is 115 Å². The van der Waals surface area contributed by atoms with Crippen molar-refractivity contribution in [3.63, 3.8) is 0 Å². The molecular formula is C26H26BrN5O5S. The summed E-state index contributed by atoms with van der Waals surface area (Å²) in [6.07, 6.45) is 3.26. The number of ether oxygens (including phenoxy) is 2. The van der Waals surface area contributed by atoms with Gasteiger partial charge >= 0.3 is 0 Å². The van der Waals surface area contributed by atoms with Gasteiger partial charge in [0, 0.05) is 24.7 Å². The molecule has 1 unspecified atom stereocenters. The number of nitrogens with zero attached hydrogens (tertiary/aromatic N) is 3. The van der Waals surface area contributed by atoms with Gasteiger partial charge in [-0.25, -0.2) is 4.68 Å². The van der Waals surface area contributed by atoms with Crippen LogP contribution < -0.4 is 25.2 Å². The first kappa shape index (κ1) is 26.0. The first-order valence-corrected chi connectivity index (χ1v) is 13.5. The van der Waals surface area contributed by atoms with Crippen molar-refractivity contribution < 1.29 is 23.9 Å². The molecular weight excluding hydrogens is 574 g/mol. The molecule has 1 atom stereocenters. The number of nitrogens with one attached hydrogen (secondary N) is 2. The highest BCUT2D eigenvalue weighted by Crippen LogP contribution is 2.50. The van der Waals surface area contributed by atoms with Crippen LogP contribution in [0.1, 0.15) is 51.8 Å². The third kappa shape index (κ3) is 3.99. The van der Waals surface area contributed by atoms with Crippen LogP contribution in [-0.4, -0.2) is 48.6 Å². The number of amides is 2. The zero-order valence-corrected chi connectivity index (χ0v) is 23.7. The fourth-order valence-electron chi connectivity index (χ4n) is 5.22. The second-order valence-electron chi connectivity index (χ2n) is 9.10. The number of ketones is 1. The highest BCUT2D eigenvalue weighted by atomic mass is 79.9. The molecule has 0 radical (unpaired) electrons. The maximum atomic E-state index is 13.4. The van der Waals surface area contributed by atoms with Crippen molar-refractivity contribution in [2.45, 2.75) is 31.7 Å². The fourth-order valence-corrected chi connectivity index (χ4v) is 6.44. The highest BCUT2D eigenvalue weighted by molar-refractivity contribution is 9.10. The number of benzene rings is 1. The van der Waals surface area contributed by atoms with E-state index in [4.69, 9.17) is 9.47 Å². The van der Waals surface area contributed by atoms with Crippen LogP contribution in [0, 0.1) is 0 Å². The lowest BCUT2D eigenvalue weighted by Gasteiger charge is -2.45. The summed E-state index contributed by atoms with van der Waals surface area (Å²) in [5.74, 6) is 0.622. The molecule has 2 aliphatic rings. The number of rotatable bonds is 5. The van der Waals surface area contributed by atoms with Crippen LogP contribution in [0.3, 0.4) is 0 Å². The van der Waals surface area contributed by atoms with E-state index < -0.39 is 17.4 Å². The Morgan fingerprint density at radius 3 is 2.61 bits per heavy atom. The molecule has 0 saturated heterocycles. The number of anilines is 1. The Balaban J connectivity index is 1.62. The van der Waals surface area contributed by atoms with Crippen LogP contribution in [0.5, 0.6) is 11.5 Å². The van der Waals surface area contributed by atoms with Crippen LogP contribution in [0.25, 0.3) is 0 Å². The van der Waals surface area contributed by atoms with E-state index in [0.717, 1.165) is 11.3 Å². The highest BCUT2D eigenvalue weighted by Gasteiger charge is 2.48. The van der Waals surface area contributed by atoms with Gasteiger partial charge in [-0.1, -0.05) is 6.07 Å². The van der Waals surface area contributed by atoms with Crippen molar-refractivity contribution in [2.75, 3.05) is 26.2 Å². The summed E-state index contributed by atoms with van der Waals surface area (Å²) in [7, 11) is 4.93. The fraction of sp³-hybridized carbons (Fsp3) is 0.308. The molecule has 0 spiro atoms. The average Bonchev–Trinajstić information content (AvgIpc) is 3.61. The van der Waals surface area contributed by atoms with Crippen molar-refractivity contribution in [3.8, 4) is 11.5 Å². The van der Waals surface area contributed by atoms with Gasteiger partial charge in [0.25, 0.3) is 11.8 Å². The van der Waals surface area contributed by atoms with Gasteiger partial charge in [-0.2, -0.15) is 5.10 Å². The number of carbonyl (C=O) groups is 3. The third-order valence-corrected chi connectivity index (χ3v) is 8.49. The van der Waals surface area contributed by atoms with E-state index in [2.05, 4.69) is 31.9 Å². The Morgan fingerprint density at radius 2 is 1.92 bits per heavy atom. The molecule has 2 N–H and O–H groups in total. The maximum absolute atomic E-state index is 13.4. The number of fused-ring (bicyclic) bond motifs is 1. The molecule has 1 aromatic carbocycles. The van der Waals surface area contributed by atoms with E-state index >= 15 is 0 Å². The van der Waals surface area contributed by atoms with E-state index in [1.54, 1.807) is 36.4 Å². The number of hydrogen-bond acceptors (Lipinski definition) is 8. The number of hydrogen-bond donors (Lipinski definition) is 2. The molecule has 0 bridgehead atoms. The van der Waals surface area contributed by atoms with E-state index in [0.29, 0.717) is 51.5 Å². The maximum Gasteiger partial charge on any atom is 0.279 e. The van der Waals surface area contributed by atoms with E-state index in [9.17, 15) is 14.4 Å². The molecule has 3 aromatic rings. The largest absolute Gasteiger partial charge is 0.493 e. The van der Waals surface area contributed by atoms with Crippen LogP contribution in [0.15, 0.2) is 51.6 Å². The molecule has 2 amide bonds. The standard InChI is InChI=1S/C26H26BrN5O5S/c1-26(14-11-16(27)22(37-4)19(12-14)36-3)21-17(7-5-8-18(21)33)31(2)25-15(13-28-32(25)26)23(34)29-30-24(35)20-9-6-10-38-20/h6,9-13H,5,7-8H2,1-4H3,(H,29,34)(H,30,35). The molecule has 3 heterocycles. The van der Waals surface area contributed by atoms with Crippen molar-refractivity contribution >= 4 is 50.7 Å². The number of allylic oxidation sites excluding steroid dienone is 2. The Bertz CT molecular complexity index is 1480. The van der Waals surface area contributed by atoms with Crippen molar-refractivity contribution in [1.82, 2.24) is 20.6 Å². The summed E-state index contributed by atoms with van der Waals surface area (Å²) in [6.45, 7) is 1.92. The Hall–Kier alpha value is -3.64. The molecule has 0 saturated carbocycles. The van der Waals surface area contributed by atoms with Crippen molar-refractivity contribution in [1.29, 1.82) is 0 Å². The minimum Gasteiger partial charge on any atom is -0.493 e. The molecule has 12 heteroatoms. The number of methoxy groups -OCH3 is 2. The first-order chi connectivity index (χ1) is 18.2. The summed E-state index contributed by atoms with van der Waals surface area (Å²) < 4.78 is 13.4. The van der Waals surface area contributed by atoms with Crippen molar-refractivity contribution in [2.24, 2.45) is 0 Å². The zero-order chi connectivity index (χ0) is 27.2. The normalized spacial score (nSPS) is 18.6. The molecule has 2 aromatic heterocycles. The summed E-state index contributed by atoms with van der Waals surface area (Å²) in [5.41, 5.74) is 6.36. The predicted molar refractivity (Wildman–Crippen MR) is 146 cm³/mol. The smallest absolute Gasteiger partial charge is 0.279 e. The lowest BCUT2D eigenvalue weighted by atomic mass is 9.75. The lowest BCUT2D eigenvalue weighted by Crippen LogP contribution is -2.48. The number of Topliss-reactive ketones (excluding diaryl/α,β-unsaturated/α-hetero) is 1. The van der Waals surface area contributed by atoms with Gasteiger partial charge in [-0.15, -0.1) is 11.3 Å².